The molecule has 56 heavy (non-hydrogen) atoms. The van der Waals surface area contributed by atoms with Crippen LogP contribution in [0.5, 0.6) is 0 Å². The largest absolute Gasteiger partial charge is 0.469 e. The number of ether oxygens (including phenoxy) is 2. The Balaban J connectivity index is 0.000000244. The molecule has 280 valence electrons. The van der Waals surface area contributed by atoms with Crippen LogP contribution in [0.15, 0.2) is 182 Å². The van der Waals surface area contributed by atoms with Gasteiger partial charge in [-0.3, -0.25) is 9.59 Å². The third kappa shape index (κ3) is 11.3. The molecule has 0 bridgehead atoms. The molecule has 6 nitrogen and oxygen atoms in total. The molecule has 0 fully saturated rings. The quantitative estimate of drug-likeness (QED) is 0.115. The highest BCUT2D eigenvalue weighted by Crippen LogP contribution is 2.32. The second kappa shape index (κ2) is 20.0. The predicted octanol–water partition coefficient (Wildman–Crippen LogP) is 12.1. The van der Waals surface area contributed by atoms with Gasteiger partial charge in [0.05, 0.1) is 14.2 Å². The Kier molecular flexibility index (Phi) is 13.8. The second-order valence-electron chi connectivity index (χ2n) is 13.2. The minimum absolute atomic E-state index is 0.196. The maximum absolute atomic E-state index is 11.3. The molecule has 0 aliphatic heterocycles. The zero-order valence-corrected chi connectivity index (χ0v) is 31.8. The normalized spacial score (nSPS) is 10.4. The fourth-order valence-electron chi connectivity index (χ4n) is 6.25. The smallest absolute Gasteiger partial charge is 0.305 e. The van der Waals surface area contributed by atoms with E-state index in [1.807, 2.05) is 48.5 Å². The van der Waals surface area contributed by atoms with Crippen molar-refractivity contribution >= 4 is 34.7 Å². The first kappa shape index (κ1) is 38.8. The van der Waals surface area contributed by atoms with E-state index in [2.05, 4.69) is 144 Å². The Morgan fingerprint density at radius 2 is 0.679 bits per heavy atom. The molecule has 6 heteroatoms. The first-order valence-corrected chi connectivity index (χ1v) is 18.7. The lowest BCUT2D eigenvalue weighted by Crippen LogP contribution is -2.01. The Hall–Kier alpha value is -6.92. The van der Waals surface area contributed by atoms with Gasteiger partial charge in [0.1, 0.15) is 0 Å². The SMILES string of the molecule is COC(=O)CCc1ccc(Nc2ccc(-c3ccc(Nc4ccc(CCC(=O)OC)cc4)cc3)cc2)cc1.c1ccc(-c2ccccc2-c2ccccc2)cc1. The number of esters is 2. The van der Waals surface area contributed by atoms with Gasteiger partial charge in [-0.05, 0) is 106 Å². The molecule has 0 saturated heterocycles. The zero-order valence-electron chi connectivity index (χ0n) is 31.8. The lowest BCUT2D eigenvalue weighted by molar-refractivity contribution is -0.141. The van der Waals surface area contributed by atoms with Gasteiger partial charge in [-0.2, -0.15) is 0 Å². The highest BCUT2D eigenvalue weighted by molar-refractivity contribution is 5.83. The fraction of sp³-hybridized carbons (Fsp3) is 0.120. The van der Waals surface area contributed by atoms with Gasteiger partial charge < -0.3 is 20.1 Å². The summed E-state index contributed by atoms with van der Waals surface area (Å²) in [7, 11) is 2.82. The summed E-state index contributed by atoms with van der Waals surface area (Å²) in [6.45, 7) is 0. The molecule has 0 saturated carbocycles. The van der Waals surface area contributed by atoms with Crippen LogP contribution >= 0.6 is 0 Å². The Morgan fingerprint density at radius 1 is 0.375 bits per heavy atom. The molecule has 0 unspecified atom stereocenters. The van der Waals surface area contributed by atoms with Gasteiger partial charge in [-0.1, -0.05) is 133 Å². The molecule has 7 rings (SSSR count). The zero-order chi connectivity index (χ0) is 39.0. The number of hydrogen-bond donors (Lipinski definition) is 2. The van der Waals surface area contributed by atoms with Crippen LogP contribution in [0.2, 0.25) is 0 Å². The number of anilines is 4. The van der Waals surface area contributed by atoms with Crippen molar-refractivity contribution in [2.45, 2.75) is 25.7 Å². The number of carbonyl (C=O) groups is 2. The molecule has 0 aliphatic rings. The van der Waals surface area contributed by atoms with E-state index in [0.29, 0.717) is 25.7 Å². The summed E-state index contributed by atoms with van der Waals surface area (Å²) in [6, 6.07) is 62.4. The minimum atomic E-state index is -0.196. The summed E-state index contributed by atoms with van der Waals surface area (Å²) in [4.78, 5) is 22.6. The van der Waals surface area contributed by atoms with Crippen molar-refractivity contribution in [1.82, 2.24) is 0 Å². The first-order valence-electron chi connectivity index (χ1n) is 18.7. The number of methoxy groups -OCH3 is 2. The average molecular weight is 739 g/mol. The van der Waals surface area contributed by atoms with Gasteiger partial charge in [0, 0.05) is 35.6 Å². The van der Waals surface area contributed by atoms with Crippen LogP contribution < -0.4 is 10.6 Å². The van der Waals surface area contributed by atoms with Crippen LogP contribution in [-0.4, -0.2) is 26.2 Å². The van der Waals surface area contributed by atoms with Crippen molar-refractivity contribution in [3.63, 3.8) is 0 Å². The van der Waals surface area contributed by atoms with Crippen molar-refractivity contribution < 1.29 is 19.1 Å². The summed E-state index contributed by atoms with van der Waals surface area (Å²) >= 11 is 0. The van der Waals surface area contributed by atoms with E-state index >= 15 is 0 Å². The van der Waals surface area contributed by atoms with Crippen molar-refractivity contribution in [3.05, 3.63) is 193 Å². The summed E-state index contributed by atoms with van der Waals surface area (Å²) in [5, 5.41) is 6.84. The molecule has 0 amide bonds. The predicted molar refractivity (Wildman–Crippen MR) is 229 cm³/mol. The van der Waals surface area contributed by atoms with Gasteiger partial charge in [0.2, 0.25) is 0 Å². The third-order valence-electron chi connectivity index (χ3n) is 9.38. The number of nitrogens with one attached hydrogen (secondary N) is 2. The number of rotatable bonds is 13. The van der Waals surface area contributed by atoms with Crippen LogP contribution in [0, 0.1) is 0 Å². The van der Waals surface area contributed by atoms with E-state index in [4.69, 9.17) is 9.47 Å². The average Bonchev–Trinajstić information content (AvgIpc) is 3.27. The van der Waals surface area contributed by atoms with Gasteiger partial charge in [0.15, 0.2) is 0 Å². The summed E-state index contributed by atoms with van der Waals surface area (Å²) in [5.74, 6) is -0.393. The Labute approximate surface area is 329 Å². The molecule has 0 atom stereocenters. The molecular weight excluding hydrogens is 693 g/mol. The van der Waals surface area contributed by atoms with E-state index in [-0.39, 0.29) is 11.9 Å². The van der Waals surface area contributed by atoms with Crippen molar-refractivity contribution in [1.29, 1.82) is 0 Å². The number of carbonyl (C=O) groups excluding carboxylic acids is 2. The molecule has 0 heterocycles. The van der Waals surface area contributed by atoms with Gasteiger partial charge in [0.25, 0.3) is 0 Å². The lowest BCUT2D eigenvalue weighted by Gasteiger charge is -2.10. The van der Waals surface area contributed by atoms with Crippen LogP contribution in [0.1, 0.15) is 24.0 Å². The van der Waals surface area contributed by atoms with E-state index in [1.165, 1.54) is 36.5 Å². The van der Waals surface area contributed by atoms with Gasteiger partial charge >= 0.3 is 11.9 Å². The monoisotopic (exact) mass is 738 g/mol. The maximum atomic E-state index is 11.3. The number of benzene rings is 7. The lowest BCUT2D eigenvalue weighted by atomic mass is 9.95. The van der Waals surface area contributed by atoms with E-state index in [1.54, 1.807) is 0 Å². The van der Waals surface area contributed by atoms with Crippen LogP contribution in [0.3, 0.4) is 0 Å². The van der Waals surface area contributed by atoms with Crippen LogP contribution in [0.4, 0.5) is 22.7 Å². The van der Waals surface area contributed by atoms with Crippen molar-refractivity contribution in [2.75, 3.05) is 24.9 Å². The molecule has 0 spiro atoms. The molecule has 0 radical (unpaired) electrons. The molecular formula is C50H46N2O4. The highest BCUT2D eigenvalue weighted by atomic mass is 16.5. The van der Waals surface area contributed by atoms with Crippen LogP contribution in [-0.2, 0) is 31.9 Å². The summed E-state index contributed by atoms with van der Waals surface area (Å²) in [5.41, 5.74) is 13.5. The number of hydrogen-bond acceptors (Lipinski definition) is 6. The molecule has 7 aromatic rings. The highest BCUT2D eigenvalue weighted by Gasteiger charge is 2.07. The summed E-state index contributed by atoms with van der Waals surface area (Å²) in [6.07, 6.45) is 2.10. The minimum Gasteiger partial charge on any atom is -0.469 e. The van der Waals surface area contributed by atoms with Gasteiger partial charge in [-0.15, -0.1) is 0 Å². The Bertz CT molecular complexity index is 2110. The molecule has 7 aromatic carbocycles. The fourth-order valence-corrected chi connectivity index (χ4v) is 6.25. The third-order valence-corrected chi connectivity index (χ3v) is 9.38. The summed E-state index contributed by atoms with van der Waals surface area (Å²) < 4.78 is 9.40. The van der Waals surface area contributed by atoms with Crippen LogP contribution in [0.25, 0.3) is 33.4 Å². The first-order chi connectivity index (χ1) is 27.5. The van der Waals surface area contributed by atoms with E-state index in [9.17, 15) is 9.59 Å². The Morgan fingerprint density at radius 3 is 1.00 bits per heavy atom. The van der Waals surface area contributed by atoms with Crippen molar-refractivity contribution in [3.8, 4) is 33.4 Å². The van der Waals surface area contributed by atoms with E-state index in [0.717, 1.165) is 45.0 Å². The standard InChI is InChI=1S/C32H32N2O4.C18H14/c1-37-31(35)21-7-23-3-13-27(14-4-23)33-29-17-9-25(10-18-29)26-11-19-30(20-12-26)34-28-15-5-24(6-16-28)8-22-32(36)38-2;1-3-9-15(10-4-1)17-13-7-8-14-18(17)16-11-5-2-6-12-16/h3-6,9-20,33-34H,7-8,21-22H2,1-2H3;1-14H. The molecule has 0 aliphatic carbocycles. The second-order valence-corrected chi connectivity index (χ2v) is 13.2. The molecule has 0 aromatic heterocycles. The molecule has 2 N–H and O–H groups in total. The maximum Gasteiger partial charge on any atom is 0.305 e. The number of aryl methyl sites for hydroxylation is 2. The topological polar surface area (TPSA) is 76.7 Å². The van der Waals surface area contributed by atoms with Gasteiger partial charge in [-0.25, -0.2) is 0 Å². The van der Waals surface area contributed by atoms with Crippen molar-refractivity contribution in [2.24, 2.45) is 0 Å². The van der Waals surface area contributed by atoms with E-state index < -0.39 is 0 Å².